The van der Waals surface area contributed by atoms with Gasteiger partial charge in [-0.2, -0.15) is 0 Å². The molecule has 0 fully saturated rings. The predicted octanol–water partition coefficient (Wildman–Crippen LogP) is 2.43. The molecule has 19 heavy (non-hydrogen) atoms. The van der Waals surface area contributed by atoms with Crippen LogP contribution in [0.4, 0.5) is 0 Å². The van der Waals surface area contributed by atoms with Gasteiger partial charge in [0.1, 0.15) is 23.5 Å². The lowest BCUT2D eigenvalue weighted by atomic mass is 9.96. The van der Waals surface area contributed by atoms with Crippen molar-refractivity contribution in [3.05, 3.63) is 59.7 Å². The van der Waals surface area contributed by atoms with Gasteiger partial charge in [0.05, 0.1) is 0 Å². The van der Waals surface area contributed by atoms with Crippen molar-refractivity contribution in [3.8, 4) is 17.2 Å². The zero-order valence-corrected chi connectivity index (χ0v) is 9.95. The lowest BCUT2D eigenvalue weighted by Gasteiger charge is -2.10. The van der Waals surface area contributed by atoms with Crippen molar-refractivity contribution in [2.45, 2.75) is 0 Å². The van der Waals surface area contributed by atoms with E-state index in [1.54, 1.807) is 12.1 Å². The predicted molar refractivity (Wildman–Crippen MR) is 71.0 cm³/mol. The monoisotopic (exact) mass is 256 g/mol. The third-order valence-corrected chi connectivity index (χ3v) is 2.68. The van der Waals surface area contributed by atoms with E-state index in [1.807, 2.05) is 0 Å². The fourth-order valence-electron chi connectivity index (χ4n) is 1.80. The molecule has 0 atom stereocenters. The summed E-state index contributed by atoms with van der Waals surface area (Å²) in [5.74, 6) is -0.0669. The molecule has 0 saturated heterocycles. The SMILES string of the molecule is O=C/C=C(\c1ccc(O)cc1)c1ccc(O)cc1O. The second-order valence-electron chi connectivity index (χ2n) is 3.96. The van der Waals surface area contributed by atoms with Gasteiger partial charge in [-0.3, -0.25) is 4.79 Å². The second-order valence-corrected chi connectivity index (χ2v) is 3.96. The molecular formula is C15H12O4. The molecule has 96 valence electrons. The summed E-state index contributed by atoms with van der Waals surface area (Å²) in [6.45, 7) is 0. The molecule has 2 rings (SSSR count). The Kier molecular flexibility index (Phi) is 3.52. The summed E-state index contributed by atoms with van der Waals surface area (Å²) >= 11 is 0. The zero-order chi connectivity index (χ0) is 13.8. The first-order valence-corrected chi connectivity index (χ1v) is 5.59. The number of rotatable bonds is 3. The van der Waals surface area contributed by atoms with Crippen LogP contribution in [0.3, 0.4) is 0 Å². The van der Waals surface area contributed by atoms with Crippen molar-refractivity contribution >= 4 is 11.9 Å². The summed E-state index contributed by atoms with van der Waals surface area (Å²) in [6.07, 6.45) is 1.94. The van der Waals surface area contributed by atoms with Gasteiger partial charge in [0, 0.05) is 11.6 Å². The molecule has 2 aromatic rings. The van der Waals surface area contributed by atoms with Gasteiger partial charge in [-0.1, -0.05) is 12.1 Å². The first kappa shape index (κ1) is 12.7. The Morgan fingerprint density at radius 1 is 0.895 bits per heavy atom. The fourth-order valence-corrected chi connectivity index (χ4v) is 1.80. The minimum absolute atomic E-state index is 0.0580. The fraction of sp³-hybridized carbons (Fsp3) is 0. The minimum atomic E-state index is -0.124. The molecular weight excluding hydrogens is 244 g/mol. The molecule has 0 spiro atoms. The van der Waals surface area contributed by atoms with Crippen LogP contribution in [0.2, 0.25) is 0 Å². The van der Waals surface area contributed by atoms with E-state index in [-0.39, 0.29) is 17.2 Å². The molecule has 2 aromatic carbocycles. The highest BCUT2D eigenvalue weighted by molar-refractivity contribution is 5.91. The summed E-state index contributed by atoms with van der Waals surface area (Å²) in [5.41, 5.74) is 1.61. The summed E-state index contributed by atoms with van der Waals surface area (Å²) in [5, 5.41) is 28.4. The standard InChI is InChI=1S/C15H12O4/c16-8-7-13(10-1-3-11(17)4-2-10)14-6-5-12(18)9-15(14)19/h1-9,17-19H/b13-7+. The summed E-state index contributed by atoms with van der Waals surface area (Å²) in [6, 6.07) is 10.4. The number of aldehydes is 1. The topological polar surface area (TPSA) is 77.8 Å². The third kappa shape index (κ3) is 2.74. The smallest absolute Gasteiger partial charge is 0.143 e. The van der Waals surface area contributed by atoms with Gasteiger partial charge >= 0.3 is 0 Å². The Morgan fingerprint density at radius 3 is 2.11 bits per heavy atom. The van der Waals surface area contributed by atoms with Crippen LogP contribution in [0.1, 0.15) is 11.1 Å². The molecule has 0 amide bonds. The van der Waals surface area contributed by atoms with E-state index in [0.29, 0.717) is 23.0 Å². The van der Waals surface area contributed by atoms with Crippen LogP contribution in [0.25, 0.3) is 5.57 Å². The van der Waals surface area contributed by atoms with Gasteiger partial charge < -0.3 is 15.3 Å². The van der Waals surface area contributed by atoms with Crippen molar-refractivity contribution in [1.29, 1.82) is 0 Å². The number of benzene rings is 2. The first-order chi connectivity index (χ1) is 9.11. The van der Waals surface area contributed by atoms with E-state index < -0.39 is 0 Å². The molecule has 0 aliphatic heterocycles. The van der Waals surface area contributed by atoms with Gasteiger partial charge in [0.2, 0.25) is 0 Å². The summed E-state index contributed by atoms with van der Waals surface area (Å²) in [7, 11) is 0. The molecule has 3 N–H and O–H groups in total. The quantitative estimate of drug-likeness (QED) is 0.582. The molecule has 4 nitrogen and oxygen atoms in total. The second kappa shape index (κ2) is 5.27. The lowest BCUT2D eigenvalue weighted by molar-refractivity contribution is -0.104. The Balaban J connectivity index is 2.55. The molecule has 0 radical (unpaired) electrons. The molecule has 0 aromatic heterocycles. The van der Waals surface area contributed by atoms with Gasteiger partial charge in [-0.05, 0) is 41.5 Å². The normalized spacial score (nSPS) is 11.3. The van der Waals surface area contributed by atoms with E-state index in [4.69, 9.17) is 0 Å². The lowest BCUT2D eigenvalue weighted by Crippen LogP contribution is -1.89. The number of allylic oxidation sites excluding steroid dienone is 1. The van der Waals surface area contributed by atoms with Crippen molar-refractivity contribution in [2.24, 2.45) is 0 Å². The maximum Gasteiger partial charge on any atom is 0.143 e. The van der Waals surface area contributed by atoms with Crippen LogP contribution < -0.4 is 0 Å². The summed E-state index contributed by atoms with van der Waals surface area (Å²) < 4.78 is 0. The molecule has 0 saturated carbocycles. The number of aromatic hydroxyl groups is 3. The van der Waals surface area contributed by atoms with Gasteiger partial charge in [-0.25, -0.2) is 0 Å². The molecule has 0 aliphatic carbocycles. The maximum absolute atomic E-state index is 10.8. The first-order valence-electron chi connectivity index (χ1n) is 5.59. The molecule has 0 unspecified atom stereocenters. The van der Waals surface area contributed by atoms with Crippen molar-refractivity contribution < 1.29 is 20.1 Å². The molecule has 0 aliphatic rings. The Labute approximate surface area is 109 Å². The van der Waals surface area contributed by atoms with E-state index in [0.717, 1.165) is 0 Å². The largest absolute Gasteiger partial charge is 0.508 e. The average Bonchev–Trinajstić information content (AvgIpc) is 2.38. The van der Waals surface area contributed by atoms with E-state index in [2.05, 4.69) is 0 Å². The molecule has 0 bridgehead atoms. The molecule has 4 heteroatoms. The van der Waals surface area contributed by atoms with Gasteiger partial charge in [0.25, 0.3) is 0 Å². The van der Waals surface area contributed by atoms with Crippen molar-refractivity contribution in [3.63, 3.8) is 0 Å². The van der Waals surface area contributed by atoms with Crippen LogP contribution in [0.5, 0.6) is 17.2 Å². The minimum Gasteiger partial charge on any atom is -0.508 e. The number of carbonyl (C=O) groups is 1. The number of hydrogen-bond acceptors (Lipinski definition) is 4. The molecule has 0 heterocycles. The van der Waals surface area contributed by atoms with Gasteiger partial charge in [-0.15, -0.1) is 0 Å². The van der Waals surface area contributed by atoms with Crippen molar-refractivity contribution in [1.82, 2.24) is 0 Å². The third-order valence-electron chi connectivity index (χ3n) is 2.68. The van der Waals surface area contributed by atoms with E-state index in [9.17, 15) is 20.1 Å². The van der Waals surface area contributed by atoms with Crippen LogP contribution >= 0.6 is 0 Å². The van der Waals surface area contributed by atoms with Crippen molar-refractivity contribution in [2.75, 3.05) is 0 Å². The number of hydrogen-bond donors (Lipinski definition) is 3. The highest BCUT2D eigenvalue weighted by Gasteiger charge is 2.10. The van der Waals surface area contributed by atoms with Crippen LogP contribution in [0, 0.1) is 0 Å². The Morgan fingerprint density at radius 2 is 1.53 bits per heavy atom. The average molecular weight is 256 g/mol. The zero-order valence-electron chi connectivity index (χ0n) is 9.95. The van der Waals surface area contributed by atoms with E-state index >= 15 is 0 Å². The van der Waals surface area contributed by atoms with Crippen LogP contribution in [0.15, 0.2) is 48.5 Å². The van der Waals surface area contributed by atoms with Crippen LogP contribution in [-0.2, 0) is 4.79 Å². The highest BCUT2D eigenvalue weighted by Crippen LogP contribution is 2.33. The van der Waals surface area contributed by atoms with E-state index in [1.165, 1.54) is 36.4 Å². The maximum atomic E-state index is 10.8. The number of phenolic OH excluding ortho intramolecular Hbond substituents is 3. The highest BCUT2D eigenvalue weighted by atomic mass is 16.3. The number of phenols is 3. The number of carbonyl (C=O) groups excluding carboxylic acids is 1. The Bertz CT molecular complexity index is 627. The van der Waals surface area contributed by atoms with Gasteiger partial charge in [0.15, 0.2) is 0 Å². The summed E-state index contributed by atoms with van der Waals surface area (Å²) in [4.78, 5) is 10.8. The van der Waals surface area contributed by atoms with Crippen LogP contribution in [-0.4, -0.2) is 21.6 Å². The Hall–Kier alpha value is -2.75.